The summed E-state index contributed by atoms with van der Waals surface area (Å²) in [4.78, 5) is 12.1. The highest BCUT2D eigenvalue weighted by Crippen LogP contribution is 2.31. The van der Waals surface area contributed by atoms with Crippen LogP contribution >= 0.6 is 0 Å². The van der Waals surface area contributed by atoms with E-state index in [9.17, 15) is 15.0 Å². The smallest absolute Gasteiger partial charge is 0.347 e. The molecule has 0 amide bonds. The third-order valence-corrected chi connectivity index (χ3v) is 3.15. The molecule has 0 radical (unpaired) electrons. The number of benzene rings is 3. The molecule has 104 valence electrons. The van der Waals surface area contributed by atoms with E-state index in [0.717, 1.165) is 0 Å². The number of phenolic OH excluding ortho intramolecular Hbond substituents is 2. The zero-order valence-corrected chi connectivity index (χ0v) is 11.0. The number of para-hydroxylation sites is 1. The largest absolute Gasteiger partial charge is 0.507 e. The van der Waals surface area contributed by atoms with Gasteiger partial charge in [0, 0.05) is 5.39 Å². The van der Waals surface area contributed by atoms with Gasteiger partial charge in [-0.3, -0.25) is 0 Å². The quantitative estimate of drug-likeness (QED) is 0.557. The number of carbonyl (C=O) groups excluding carboxylic acids is 1. The highest BCUT2D eigenvalue weighted by Gasteiger charge is 2.15. The topological polar surface area (TPSA) is 66.8 Å². The maximum absolute atomic E-state index is 12.1. The van der Waals surface area contributed by atoms with Crippen LogP contribution in [0.5, 0.6) is 17.2 Å². The highest BCUT2D eigenvalue weighted by molar-refractivity contribution is 6.00. The molecule has 2 N–H and O–H groups in total. The van der Waals surface area contributed by atoms with E-state index in [-0.39, 0.29) is 17.1 Å². The normalized spacial score (nSPS) is 10.5. The van der Waals surface area contributed by atoms with Crippen LogP contribution in [0.25, 0.3) is 10.8 Å². The third-order valence-electron chi connectivity index (χ3n) is 3.15. The Bertz CT molecular complexity index is 810. The lowest BCUT2D eigenvalue weighted by molar-refractivity contribution is 0.0732. The van der Waals surface area contributed by atoms with Crippen molar-refractivity contribution in [3.63, 3.8) is 0 Å². The Hall–Kier alpha value is -3.01. The number of esters is 1. The van der Waals surface area contributed by atoms with Crippen molar-refractivity contribution in [2.45, 2.75) is 0 Å². The number of hydrogen-bond donors (Lipinski definition) is 2. The molecule has 0 unspecified atom stereocenters. The van der Waals surface area contributed by atoms with Gasteiger partial charge in [0.05, 0.1) is 0 Å². The summed E-state index contributed by atoms with van der Waals surface area (Å²) in [5.41, 5.74) is 0.0527. The standard InChI is InChI=1S/C17H12O4/c18-15-8-4-5-11-9-14(16(19)10-13(11)15)17(20)21-12-6-2-1-3-7-12/h1-10,18-19H. The molecule has 0 aliphatic carbocycles. The molecule has 3 aromatic rings. The molecule has 0 saturated carbocycles. The Morgan fingerprint density at radius 2 is 1.62 bits per heavy atom. The van der Waals surface area contributed by atoms with E-state index in [4.69, 9.17) is 4.74 Å². The summed E-state index contributed by atoms with van der Waals surface area (Å²) < 4.78 is 5.20. The van der Waals surface area contributed by atoms with Crippen LogP contribution in [0, 0.1) is 0 Å². The Morgan fingerprint density at radius 1 is 0.857 bits per heavy atom. The van der Waals surface area contributed by atoms with Gasteiger partial charge >= 0.3 is 5.97 Å². The minimum absolute atomic E-state index is 0.0470. The van der Waals surface area contributed by atoms with E-state index in [0.29, 0.717) is 16.5 Å². The molecule has 0 aliphatic heterocycles. The van der Waals surface area contributed by atoms with E-state index in [1.807, 2.05) is 6.07 Å². The lowest BCUT2D eigenvalue weighted by Gasteiger charge is -2.08. The molecule has 21 heavy (non-hydrogen) atoms. The first-order chi connectivity index (χ1) is 10.1. The Kier molecular flexibility index (Phi) is 3.20. The van der Waals surface area contributed by atoms with Crippen LogP contribution in [0.3, 0.4) is 0 Å². The summed E-state index contributed by atoms with van der Waals surface area (Å²) in [5.74, 6) is -0.433. The molecule has 4 nitrogen and oxygen atoms in total. The second-order valence-electron chi connectivity index (χ2n) is 4.57. The van der Waals surface area contributed by atoms with E-state index < -0.39 is 5.97 Å². The van der Waals surface area contributed by atoms with Crippen LogP contribution in [-0.2, 0) is 0 Å². The van der Waals surface area contributed by atoms with Crippen molar-refractivity contribution in [3.05, 3.63) is 66.2 Å². The molecule has 4 heteroatoms. The second-order valence-corrected chi connectivity index (χ2v) is 4.57. The molecular weight excluding hydrogens is 268 g/mol. The molecule has 0 atom stereocenters. The molecule has 0 aromatic heterocycles. The van der Waals surface area contributed by atoms with Gasteiger partial charge in [-0.1, -0.05) is 30.3 Å². The lowest BCUT2D eigenvalue weighted by Crippen LogP contribution is -2.08. The molecule has 0 aliphatic rings. The van der Waals surface area contributed by atoms with Crippen molar-refractivity contribution in [3.8, 4) is 17.2 Å². The molecule has 3 aromatic carbocycles. The van der Waals surface area contributed by atoms with Crippen molar-refractivity contribution >= 4 is 16.7 Å². The minimum atomic E-state index is -0.649. The lowest BCUT2D eigenvalue weighted by atomic mass is 10.1. The maximum atomic E-state index is 12.1. The molecule has 0 bridgehead atoms. The van der Waals surface area contributed by atoms with Crippen LogP contribution in [0.2, 0.25) is 0 Å². The van der Waals surface area contributed by atoms with Gasteiger partial charge in [0.2, 0.25) is 0 Å². The van der Waals surface area contributed by atoms with Crippen LogP contribution in [0.15, 0.2) is 60.7 Å². The third kappa shape index (κ3) is 2.51. The Balaban J connectivity index is 2.00. The van der Waals surface area contributed by atoms with Gasteiger partial charge in [-0.2, -0.15) is 0 Å². The van der Waals surface area contributed by atoms with Gasteiger partial charge in [0.25, 0.3) is 0 Å². The SMILES string of the molecule is O=C(Oc1ccccc1)c1cc2cccc(O)c2cc1O. The fraction of sp³-hybridized carbons (Fsp3) is 0. The van der Waals surface area contributed by atoms with Crippen LogP contribution < -0.4 is 4.74 Å². The minimum Gasteiger partial charge on any atom is -0.507 e. The zero-order chi connectivity index (χ0) is 14.8. The summed E-state index contributed by atoms with van der Waals surface area (Å²) in [6.07, 6.45) is 0. The fourth-order valence-electron chi connectivity index (χ4n) is 2.11. The number of ether oxygens (including phenoxy) is 1. The van der Waals surface area contributed by atoms with Crippen molar-refractivity contribution in [2.24, 2.45) is 0 Å². The van der Waals surface area contributed by atoms with Crippen molar-refractivity contribution in [2.75, 3.05) is 0 Å². The van der Waals surface area contributed by atoms with Crippen molar-refractivity contribution in [1.29, 1.82) is 0 Å². The van der Waals surface area contributed by atoms with Gasteiger partial charge in [-0.05, 0) is 35.7 Å². The summed E-state index contributed by atoms with van der Waals surface area (Å²) >= 11 is 0. The molecule has 0 spiro atoms. The number of fused-ring (bicyclic) bond motifs is 1. The van der Waals surface area contributed by atoms with Gasteiger partial charge in [-0.15, -0.1) is 0 Å². The predicted octanol–water partition coefficient (Wildman–Crippen LogP) is 3.47. The first kappa shape index (κ1) is 13.0. The summed E-state index contributed by atoms with van der Waals surface area (Å²) in [5, 5.41) is 20.8. The van der Waals surface area contributed by atoms with Crippen molar-refractivity contribution < 1.29 is 19.7 Å². The van der Waals surface area contributed by atoms with Crippen LogP contribution in [0.4, 0.5) is 0 Å². The van der Waals surface area contributed by atoms with Gasteiger partial charge in [0.1, 0.15) is 22.8 Å². The van der Waals surface area contributed by atoms with Crippen molar-refractivity contribution in [1.82, 2.24) is 0 Å². The number of carbonyl (C=O) groups is 1. The molecular formula is C17H12O4. The Morgan fingerprint density at radius 3 is 2.38 bits per heavy atom. The van der Waals surface area contributed by atoms with E-state index in [1.165, 1.54) is 18.2 Å². The summed E-state index contributed by atoms with van der Waals surface area (Å²) in [7, 11) is 0. The molecule has 0 fully saturated rings. The maximum Gasteiger partial charge on any atom is 0.347 e. The molecule has 3 rings (SSSR count). The average molecular weight is 280 g/mol. The van der Waals surface area contributed by atoms with E-state index in [1.54, 1.807) is 36.4 Å². The predicted molar refractivity (Wildman–Crippen MR) is 78.7 cm³/mol. The van der Waals surface area contributed by atoms with E-state index in [2.05, 4.69) is 0 Å². The Labute approximate surface area is 120 Å². The van der Waals surface area contributed by atoms with Crippen LogP contribution in [0.1, 0.15) is 10.4 Å². The van der Waals surface area contributed by atoms with Gasteiger partial charge in [0.15, 0.2) is 0 Å². The summed E-state index contributed by atoms with van der Waals surface area (Å²) in [6.45, 7) is 0. The number of phenols is 2. The van der Waals surface area contributed by atoms with Gasteiger partial charge < -0.3 is 14.9 Å². The van der Waals surface area contributed by atoms with Gasteiger partial charge in [-0.25, -0.2) is 4.79 Å². The van der Waals surface area contributed by atoms with E-state index >= 15 is 0 Å². The molecule has 0 saturated heterocycles. The monoisotopic (exact) mass is 280 g/mol. The fourth-order valence-corrected chi connectivity index (χ4v) is 2.11. The summed E-state index contributed by atoms with van der Waals surface area (Å²) in [6, 6.07) is 16.4. The highest BCUT2D eigenvalue weighted by atomic mass is 16.5. The zero-order valence-electron chi connectivity index (χ0n) is 11.0. The second kappa shape index (κ2) is 5.17. The first-order valence-electron chi connectivity index (χ1n) is 6.37. The number of hydrogen-bond acceptors (Lipinski definition) is 4. The number of rotatable bonds is 2. The molecule has 0 heterocycles. The average Bonchev–Trinajstić information content (AvgIpc) is 2.48. The number of aromatic hydroxyl groups is 2. The first-order valence-corrected chi connectivity index (χ1v) is 6.37. The van der Waals surface area contributed by atoms with Crippen LogP contribution in [-0.4, -0.2) is 16.2 Å².